The molecule has 0 bridgehead atoms. The first-order chi connectivity index (χ1) is 46.3. The summed E-state index contributed by atoms with van der Waals surface area (Å²) < 4.78 is 37.3. The second-order valence-corrected chi connectivity index (χ2v) is 23.5. The highest BCUT2D eigenvalue weighted by Crippen LogP contribution is 2.50. The van der Waals surface area contributed by atoms with Gasteiger partial charge in [-0.05, 0) is 187 Å². The van der Waals surface area contributed by atoms with Crippen LogP contribution in [0.1, 0.15) is 15.2 Å². The Morgan fingerprint density at radius 1 is 0.330 bits per heavy atom. The minimum atomic E-state index is -2.34. The van der Waals surface area contributed by atoms with Crippen LogP contribution in [-0.2, 0) is 0 Å². The van der Waals surface area contributed by atoms with E-state index in [9.17, 15) is 5.26 Å². The van der Waals surface area contributed by atoms with Crippen LogP contribution in [0.25, 0.3) is 100 Å². The van der Waals surface area contributed by atoms with E-state index < -0.39 is 6.85 Å². The summed E-state index contributed by atoms with van der Waals surface area (Å²) in [6.45, 7) is -3.30. The van der Waals surface area contributed by atoms with E-state index in [0.717, 1.165) is 122 Å². The summed E-state index contributed by atoms with van der Waals surface area (Å²) in [6, 6.07) is 116. The van der Waals surface area contributed by atoms with Crippen LogP contribution in [-0.4, -0.2) is 34.9 Å². The van der Waals surface area contributed by atoms with Crippen LogP contribution < -0.4 is 30.6 Å². The van der Waals surface area contributed by atoms with Gasteiger partial charge in [0.2, 0.25) is 5.78 Å². The standard InChI is InChI=1S/C81H56B3N7/c1-56-25-23-44-79-80(56)86-81-87(77-42-21-22-43-78(77)88(79)81)68-46-48-74-70-39-18-17-38-69(70)73-47-45-59(53-75(73)71-40-19-20-41-72(71)76(74)54-68)61-50-57(55-85)49-60(51-61)58-26-24-31-64(52-58)84-90(66-34-13-5-14-35-66)82(62-27-7-2-8-28-62)89(65-32-11-4-12-33-65)83(63-29-9-3-10-30-63)91(84)67-36-15-6-16-37-67/h2-54H,1H3/i1D3. The van der Waals surface area contributed by atoms with Crippen molar-refractivity contribution in [1.29, 1.82) is 5.26 Å². The van der Waals surface area contributed by atoms with Gasteiger partial charge in [0.15, 0.2) is 0 Å². The number of nitriles is 1. The average Bonchev–Trinajstić information content (AvgIpc) is 1.23. The van der Waals surface area contributed by atoms with Gasteiger partial charge in [0.05, 0.1) is 33.7 Å². The number of hydrogen-bond acceptors (Lipinski definition) is 5. The fourth-order valence-electron chi connectivity index (χ4n) is 14.5. The molecular weight excluding hydrogens is 1100 g/mol. The number of hydrogen-bond donors (Lipinski definition) is 0. The Hall–Kier alpha value is -11.8. The number of aromatic nitrogens is 3. The maximum atomic E-state index is 11.0. The Kier molecular flexibility index (Phi) is 12.2. The monoisotopic (exact) mass is 1160 g/mol. The Balaban J connectivity index is 0.823. The predicted molar refractivity (Wildman–Crippen MR) is 381 cm³/mol. The first-order valence-electron chi connectivity index (χ1n) is 32.4. The molecule has 424 valence electrons. The third-order valence-electron chi connectivity index (χ3n) is 18.4. The summed E-state index contributed by atoms with van der Waals surface area (Å²) in [4.78, 5) is 5.16. The Bertz CT molecular complexity index is 5360. The van der Waals surface area contributed by atoms with Crippen molar-refractivity contribution in [1.82, 2.24) is 14.0 Å². The van der Waals surface area contributed by atoms with Gasteiger partial charge in [0.25, 0.3) is 0 Å². The zero-order valence-electron chi connectivity index (χ0n) is 52.5. The highest BCUT2D eigenvalue weighted by Gasteiger charge is 2.56. The van der Waals surface area contributed by atoms with Crippen molar-refractivity contribution in [2.45, 2.75) is 6.85 Å². The van der Waals surface area contributed by atoms with E-state index in [1.54, 1.807) is 6.07 Å². The topological polar surface area (TPSA) is 55.7 Å². The minimum absolute atomic E-state index is 0.225. The van der Waals surface area contributed by atoms with Gasteiger partial charge >= 0.3 is 20.9 Å². The molecule has 2 aromatic heterocycles. The number of para-hydroxylation sites is 6. The van der Waals surface area contributed by atoms with Gasteiger partial charge in [-0.3, -0.25) is 8.97 Å². The largest absolute Gasteiger partial charge is 0.416 e. The van der Waals surface area contributed by atoms with E-state index in [1.165, 1.54) is 0 Å². The van der Waals surface area contributed by atoms with Crippen LogP contribution in [0, 0.1) is 18.2 Å². The molecule has 0 N–H and O–H groups in total. The zero-order chi connectivity index (χ0) is 63.0. The van der Waals surface area contributed by atoms with Gasteiger partial charge < -0.3 is 14.2 Å². The van der Waals surface area contributed by atoms with Gasteiger partial charge in [0.1, 0.15) is 0 Å². The minimum Gasteiger partial charge on any atom is -0.416 e. The molecule has 15 aromatic rings. The summed E-state index contributed by atoms with van der Waals surface area (Å²) in [6.07, 6.45) is 0. The van der Waals surface area contributed by atoms with Gasteiger partial charge in [-0.25, -0.2) is 4.98 Å². The first-order valence-corrected chi connectivity index (χ1v) is 30.9. The van der Waals surface area contributed by atoms with Crippen LogP contribution >= 0.6 is 0 Å². The lowest BCUT2D eigenvalue weighted by molar-refractivity contribution is 1.11. The average molecular weight is 1160 g/mol. The van der Waals surface area contributed by atoms with Crippen LogP contribution in [0.15, 0.2) is 322 Å². The summed E-state index contributed by atoms with van der Waals surface area (Å²) in [7, 11) is 0. The third kappa shape index (κ3) is 8.96. The Labute approximate surface area is 534 Å². The molecule has 7 nitrogen and oxygen atoms in total. The van der Waals surface area contributed by atoms with Crippen molar-refractivity contribution < 1.29 is 4.11 Å². The summed E-state index contributed by atoms with van der Waals surface area (Å²) in [5.41, 5.74) is 23.8. The van der Waals surface area contributed by atoms with Crippen molar-refractivity contribution in [3.63, 3.8) is 0 Å². The molecule has 3 heterocycles. The molecule has 1 aliphatic carbocycles. The highest BCUT2D eigenvalue weighted by atomic mass is 15.3. The normalized spacial score (nSPS) is 13.4. The molecule has 1 saturated heterocycles. The van der Waals surface area contributed by atoms with Gasteiger partial charge in [-0.15, -0.1) is 0 Å². The number of benzene rings is 13. The smallest absolute Gasteiger partial charge is 0.388 e. The Morgan fingerprint density at radius 3 is 1.31 bits per heavy atom. The molecule has 1 fully saturated rings. The molecule has 2 aliphatic rings. The second-order valence-electron chi connectivity index (χ2n) is 23.5. The molecule has 0 atom stereocenters. The summed E-state index contributed by atoms with van der Waals surface area (Å²) >= 11 is 0. The van der Waals surface area contributed by atoms with E-state index in [1.807, 2.05) is 36.4 Å². The lowest BCUT2D eigenvalue weighted by Gasteiger charge is -2.57. The number of nitrogens with zero attached hydrogens (tertiary/aromatic N) is 7. The third-order valence-corrected chi connectivity index (χ3v) is 18.4. The van der Waals surface area contributed by atoms with Gasteiger partial charge in [-0.2, -0.15) is 5.26 Å². The maximum Gasteiger partial charge on any atom is 0.388 e. The van der Waals surface area contributed by atoms with Crippen LogP contribution in [0.3, 0.4) is 0 Å². The zero-order valence-corrected chi connectivity index (χ0v) is 49.5. The molecule has 0 unspecified atom stereocenters. The lowest BCUT2D eigenvalue weighted by atomic mass is 9.37. The van der Waals surface area contributed by atoms with Crippen LogP contribution in [0.2, 0.25) is 0 Å². The maximum absolute atomic E-state index is 11.0. The number of aryl methyl sites for hydroxylation is 1. The number of rotatable bonds is 9. The molecule has 0 spiro atoms. The molecule has 10 heteroatoms. The summed E-state index contributed by atoms with van der Waals surface area (Å²) in [5, 5.41) is 11.0. The van der Waals surface area contributed by atoms with Gasteiger partial charge in [-0.1, -0.05) is 231 Å². The molecule has 1 aliphatic heterocycles. The fourth-order valence-corrected chi connectivity index (χ4v) is 14.5. The van der Waals surface area contributed by atoms with E-state index in [4.69, 9.17) is 9.10 Å². The van der Waals surface area contributed by atoms with Crippen molar-refractivity contribution in [3.8, 4) is 78.5 Å². The van der Waals surface area contributed by atoms with E-state index in [-0.39, 0.29) is 26.5 Å². The molecule has 0 amide bonds. The number of imidazole rings is 2. The van der Waals surface area contributed by atoms with E-state index in [0.29, 0.717) is 16.9 Å². The van der Waals surface area contributed by atoms with Crippen molar-refractivity contribution in [2.24, 2.45) is 0 Å². The molecular formula is C81H56B3N7. The van der Waals surface area contributed by atoms with Gasteiger partial charge in [0, 0.05) is 26.9 Å². The first kappa shape index (κ1) is 50.2. The number of fused-ring (bicyclic) bond motifs is 13. The fraction of sp³-hybridized carbons (Fsp3) is 0.0123. The molecule has 0 radical (unpaired) electrons. The van der Waals surface area contributed by atoms with Crippen molar-refractivity contribution >= 4 is 82.2 Å². The summed E-state index contributed by atoms with van der Waals surface area (Å²) in [5.74, 6) is 0.633. The van der Waals surface area contributed by atoms with Crippen molar-refractivity contribution in [3.05, 3.63) is 333 Å². The number of anilines is 3. The molecule has 0 saturated carbocycles. The SMILES string of the molecule is [2H]C([2H])([2H])c1cccc2c1nc1n(-c3ccc4c(c3)-c3ccccc3-c3cc(-c5cc(C#N)cc(-c6cccc(B7N(c8ccccc8)B(c8ccccc8)N(c8ccccc8)B(c8ccccc8)N7c7ccccc7)c6)c5)ccc3-c3ccccc3-4)c3ccccc3n21. The second kappa shape index (κ2) is 22.1. The predicted octanol–water partition coefficient (Wildman–Crippen LogP) is 16.9. The van der Waals surface area contributed by atoms with Crippen LogP contribution in [0.5, 0.6) is 0 Å². The quantitative estimate of drug-likeness (QED) is 0.135. The molecule has 91 heavy (non-hydrogen) atoms. The highest BCUT2D eigenvalue weighted by molar-refractivity contribution is 7.14. The Morgan fingerprint density at radius 2 is 0.758 bits per heavy atom. The van der Waals surface area contributed by atoms with E-state index in [2.05, 4.69) is 308 Å². The van der Waals surface area contributed by atoms with Crippen LogP contribution in [0.4, 0.5) is 17.1 Å². The molecule has 17 rings (SSSR count). The molecule has 13 aromatic carbocycles. The van der Waals surface area contributed by atoms with E-state index >= 15 is 0 Å². The lowest BCUT2D eigenvalue weighted by Crippen LogP contribution is -2.86. The van der Waals surface area contributed by atoms with Crippen molar-refractivity contribution in [2.75, 3.05) is 14.2 Å².